The molecule has 9 heteroatoms. The van der Waals surface area contributed by atoms with E-state index in [-0.39, 0.29) is 11.8 Å². The average Bonchev–Trinajstić information content (AvgIpc) is 3.55. The third-order valence-electron chi connectivity index (χ3n) is 7.85. The maximum atomic E-state index is 13.3. The molecule has 4 heterocycles. The predicted molar refractivity (Wildman–Crippen MR) is 130 cm³/mol. The molecular formula is C26H39N3O6. The number of hydrogen-bond acceptors (Lipinski definition) is 8. The smallest absolute Gasteiger partial charge is 0.224 e. The number of carbonyl (C=O) groups excluding carboxylic acids is 1. The Morgan fingerprint density at radius 2 is 1.80 bits per heavy atom. The third-order valence-corrected chi connectivity index (χ3v) is 7.85. The van der Waals surface area contributed by atoms with Gasteiger partial charge in [0.15, 0.2) is 11.5 Å². The molecule has 1 aromatic rings. The molecule has 0 aromatic heterocycles. The first kappa shape index (κ1) is 24.8. The first-order chi connectivity index (χ1) is 17.0. The highest BCUT2D eigenvalue weighted by Gasteiger charge is 2.37. The Morgan fingerprint density at radius 1 is 1.06 bits per heavy atom. The molecule has 1 aromatic carbocycles. The zero-order chi connectivity index (χ0) is 24.3. The highest BCUT2D eigenvalue weighted by atomic mass is 16.6. The molecule has 3 saturated heterocycles. The zero-order valence-corrected chi connectivity index (χ0v) is 20.5. The van der Waals surface area contributed by atoms with Gasteiger partial charge in [-0.2, -0.15) is 0 Å². The summed E-state index contributed by atoms with van der Waals surface area (Å²) in [4.78, 5) is 17.8. The van der Waals surface area contributed by atoms with Crippen LogP contribution in [-0.4, -0.2) is 103 Å². The van der Waals surface area contributed by atoms with E-state index in [1.807, 2.05) is 18.2 Å². The summed E-state index contributed by atoms with van der Waals surface area (Å²) in [5.74, 6) is 1.15. The number of aliphatic hydroxyl groups is 2. The highest BCUT2D eigenvalue weighted by molar-refractivity contribution is 5.79. The Balaban J connectivity index is 1.23. The Labute approximate surface area is 207 Å². The number of aliphatic hydroxyl groups excluding tert-OH is 1. The zero-order valence-electron chi connectivity index (χ0n) is 20.5. The summed E-state index contributed by atoms with van der Waals surface area (Å²) in [6.07, 6.45) is 3.48. The maximum absolute atomic E-state index is 13.3. The van der Waals surface area contributed by atoms with E-state index >= 15 is 0 Å². The second-order valence-corrected chi connectivity index (χ2v) is 10.5. The molecule has 3 N–H and O–H groups in total. The van der Waals surface area contributed by atoms with Crippen molar-refractivity contribution in [3.05, 3.63) is 23.8 Å². The number of β-amino-alcohol motifs (C(OH)–C–C–N with tert-alkyl or cyclic N) is 1. The van der Waals surface area contributed by atoms with Crippen molar-refractivity contribution in [3.8, 4) is 11.5 Å². The highest BCUT2D eigenvalue weighted by Crippen LogP contribution is 2.34. The minimum absolute atomic E-state index is 0.0211. The number of likely N-dealkylation sites (tertiary alicyclic amines) is 2. The standard InChI is InChI=1S/C26H39N3O6/c30-24(19-3-4-22-23(15-19)35-14-13-34-22)21(17-28-8-1-2-9-28)27-25(31)20-5-10-29(16-20)18-26(32)6-11-33-12-7-26/h3-4,15,20-21,24,30,32H,1-2,5-14,16-18H2,(H,27,31)/t20-,21+,24+/m0/s1. The van der Waals surface area contributed by atoms with E-state index in [2.05, 4.69) is 15.1 Å². The monoisotopic (exact) mass is 489 g/mol. The number of nitrogens with one attached hydrogen (secondary N) is 1. The Kier molecular flexibility index (Phi) is 7.79. The number of carbonyl (C=O) groups is 1. The van der Waals surface area contributed by atoms with E-state index < -0.39 is 17.7 Å². The van der Waals surface area contributed by atoms with Gasteiger partial charge in [0.1, 0.15) is 19.3 Å². The van der Waals surface area contributed by atoms with Gasteiger partial charge in [0.2, 0.25) is 5.91 Å². The van der Waals surface area contributed by atoms with Crippen LogP contribution in [-0.2, 0) is 9.53 Å². The molecule has 0 unspecified atom stereocenters. The number of nitrogens with zero attached hydrogens (tertiary/aromatic N) is 2. The lowest BCUT2D eigenvalue weighted by molar-refractivity contribution is -0.126. The summed E-state index contributed by atoms with van der Waals surface area (Å²) in [6, 6.07) is 5.09. The van der Waals surface area contributed by atoms with Crippen LogP contribution < -0.4 is 14.8 Å². The summed E-state index contributed by atoms with van der Waals surface area (Å²) in [6.45, 7) is 6.77. The van der Waals surface area contributed by atoms with E-state index in [9.17, 15) is 15.0 Å². The lowest BCUT2D eigenvalue weighted by atomic mass is 9.94. The molecule has 0 saturated carbocycles. The van der Waals surface area contributed by atoms with Crippen LogP contribution in [0.2, 0.25) is 0 Å². The van der Waals surface area contributed by atoms with Crippen molar-refractivity contribution in [1.82, 2.24) is 15.1 Å². The maximum Gasteiger partial charge on any atom is 0.224 e. The van der Waals surface area contributed by atoms with Crippen LogP contribution in [0.25, 0.3) is 0 Å². The molecule has 0 spiro atoms. The normalized spacial score (nSPS) is 26.4. The Hall–Kier alpha value is -1.91. The van der Waals surface area contributed by atoms with Gasteiger partial charge in [-0.15, -0.1) is 0 Å². The van der Waals surface area contributed by atoms with Crippen molar-refractivity contribution < 1.29 is 29.2 Å². The van der Waals surface area contributed by atoms with Crippen molar-refractivity contribution in [2.24, 2.45) is 5.92 Å². The van der Waals surface area contributed by atoms with Crippen LogP contribution in [0, 0.1) is 5.92 Å². The van der Waals surface area contributed by atoms with Crippen LogP contribution in [0.5, 0.6) is 11.5 Å². The number of rotatable bonds is 8. The van der Waals surface area contributed by atoms with E-state index in [1.165, 1.54) is 0 Å². The van der Waals surface area contributed by atoms with Crippen LogP contribution in [0.1, 0.15) is 43.8 Å². The molecule has 3 fully saturated rings. The van der Waals surface area contributed by atoms with Crippen molar-refractivity contribution in [1.29, 1.82) is 0 Å². The van der Waals surface area contributed by atoms with Gasteiger partial charge >= 0.3 is 0 Å². The predicted octanol–water partition coefficient (Wildman–Crippen LogP) is 0.935. The Morgan fingerprint density at radius 3 is 2.57 bits per heavy atom. The molecular weight excluding hydrogens is 450 g/mol. The molecule has 5 rings (SSSR count). The molecule has 35 heavy (non-hydrogen) atoms. The van der Waals surface area contributed by atoms with Gasteiger partial charge in [-0.25, -0.2) is 0 Å². The third kappa shape index (κ3) is 6.09. The number of ether oxygens (including phenoxy) is 3. The quantitative estimate of drug-likeness (QED) is 0.496. The fourth-order valence-electron chi connectivity index (χ4n) is 5.76. The fourth-order valence-corrected chi connectivity index (χ4v) is 5.76. The molecule has 0 aliphatic carbocycles. The van der Waals surface area contributed by atoms with Crippen LogP contribution in [0.4, 0.5) is 0 Å². The van der Waals surface area contributed by atoms with Crippen LogP contribution in [0.3, 0.4) is 0 Å². The molecule has 0 radical (unpaired) electrons. The van der Waals surface area contributed by atoms with Gasteiger partial charge in [0, 0.05) is 45.7 Å². The largest absolute Gasteiger partial charge is 0.486 e. The van der Waals surface area contributed by atoms with Crippen molar-refractivity contribution in [2.45, 2.75) is 49.9 Å². The lowest BCUT2D eigenvalue weighted by Crippen LogP contribution is -2.49. The van der Waals surface area contributed by atoms with E-state index in [0.29, 0.717) is 76.0 Å². The molecule has 0 bridgehead atoms. The SMILES string of the molecule is O=C(N[C@H](CN1CCCC1)[C@H](O)c1ccc2c(c1)OCCO2)[C@H]1CCN(CC2(O)CCOCC2)C1. The van der Waals surface area contributed by atoms with Gasteiger partial charge < -0.3 is 34.6 Å². The van der Waals surface area contributed by atoms with Crippen molar-refractivity contribution in [3.63, 3.8) is 0 Å². The van der Waals surface area contributed by atoms with Crippen LogP contribution >= 0.6 is 0 Å². The summed E-state index contributed by atoms with van der Waals surface area (Å²) < 4.78 is 16.7. The molecule has 1 amide bonds. The molecule has 194 valence electrons. The molecule has 9 nitrogen and oxygen atoms in total. The second-order valence-electron chi connectivity index (χ2n) is 10.5. The number of benzene rings is 1. The summed E-state index contributed by atoms with van der Waals surface area (Å²) >= 11 is 0. The number of fused-ring (bicyclic) bond motifs is 1. The molecule has 3 atom stereocenters. The number of hydrogen-bond donors (Lipinski definition) is 3. The summed E-state index contributed by atoms with van der Waals surface area (Å²) in [5, 5.41) is 25.4. The summed E-state index contributed by atoms with van der Waals surface area (Å²) in [5.41, 5.74) is -0.00962. The average molecular weight is 490 g/mol. The topological polar surface area (TPSA) is 104 Å². The first-order valence-electron chi connectivity index (χ1n) is 13.1. The van der Waals surface area contributed by atoms with Crippen molar-refractivity contribution >= 4 is 5.91 Å². The van der Waals surface area contributed by atoms with E-state index in [0.717, 1.165) is 38.9 Å². The lowest BCUT2D eigenvalue weighted by Gasteiger charge is -2.35. The van der Waals surface area contributed by atoms with Gasteiger partial charge in [0.05, 0.1) is 17.6 Å². The number of amides is 1. The van der Waals surface area contributed by atoms with Gasteiger partial charge in [-0.05, 0) is 56.6 Å². The van der Waals surface area contributed by atoms with Gasteiger partial charge in [-0.3, -0.25) is 9.69 Å². The second kappa shape index (κ2) is 11.0. The van der Waals surface area contributed by atoms with Crippen LogP contribution in [0.15, 0.2) is 18.2 Å². The van der Waals surface area contributed by atoms with E-state index in [4.69, 9.17) is 14.2 Å². The van der Waals surface area contributed by atoms with E-state index in [1.54, 1.807) is 0 Å². The van der Waals surface area contributed by atoms with Gasteiger partial charge in [0.25, 0.3) is 0 Å². The summed E-state index contributed by atoms with van der Waals surface area (Å²) in [7, 11) is 0. The minimum atomic E-state index is -0.851. The molecule has 4 aliphatic heterocycles. The first-order valence-corrected chi connectivity index (χ1v) is 13.1. The van der Waals surface area contributed by atoms with Gasteiger partial charge in [-0.1, -0.05) is 6.07 Å². The minimum Gasteiger partial charge on any atom is -0.486 e. The Bertz CT molecular complexity index is 871. The molecule has 4 aliphatic rings. The fraction of sp³-hybridized carbons (Fsp3) is 0.731. The van der Waals surface area contributed by atoms with Crippen molar-refractivity contribution in [2.75, 3.05) is 65.7 Å².